The standard InChI is InChI=1S/C16H20N2O5/c1-2-18(10-14(19)20)16(22)11-5-3-6-12(9-11)17-15(21)13-7-4-8-23-13/h3,5-6,9,13H,2,4,7-8,10H2,1H3,(H,17,21)(H,19,20). The summed E-state index contributed by atoms with van der Waals surface area (Å²) in [5, 5.41) is 11.6. The summed E-state index contributed by atoms with van der Waals surface area (Å²) < 4.78 is 5.31. The molecule has 1 atom stereocenters. The molecule has 2 amide bonds. The van der Waals surface area contributed by atoms with Crippen molar-refractivity contribution < 1.29 is 24.2 Å². The van der Waals surface area contributed by atoms with E-state index in [1.165, 1.54) is 4.90 Å². The minimum Gasteiger partial charge on any atom is -0.480 e. The van der Waals surface area contributed by atoms with E-state index in [1.54, 1.807) is 31.2 Å². The Bertz CT molecular complexity index is 596. The molecule has 1 unspecified atom stereocenters. The van der Waals surface area contributed by atoms with Crippen molar-refractivity contribution in [3.05, 3.63) is 29.8 Å². The van der Waals surface area contributed by atoms with Gasteiger partial charge < -0.3 is 20.1 Å². The second kappa shape index (κ2) is 7.73. The van der Waals surface area contributed by atoms with Crippen LogP contribution in [0, 0.1) is 0 Å². The summed E-state index contributed by atoms with van der Waals surface area (Å²) in [5.74, 6) is -1.68. The zero-order valence-corrected chi connectivity index (χ0v) is 12.9. The summed E-state index contributed by atoms with van der Waals surface area (Å²) in [7, 11) is 0. The van der Waals surface area contributed by atoms with E-state index in [2.05, 4.69) is 5.32 Å². The third-order valence-electron chi connectivity index (χ3n) is 3.59. The van der Waals surface area contributed by atoms with E-state index in [9.17, 15) is 14.4 Å². The lowest BCUT2D eigenvalue weighted by atomic mass is 10.1. The number of carboxylic acids is 1. The number of rotatable bonds is 6. The zero-order chi connectivity index (χ0) is 16.8. The van der Waals surface area contributed by atoms with Gasteiger partial charge in [-0.05, 0) is 38.0 Å². The van der Waals surface area contributed by atoms with Crippen LogP contribution < -0.4 is 5.32 Å². The molecule has 0 aliphatic carbocycles. The lowest BCUT2D eigenvalue weighted by Crippen LogP contribution is -2.35. The highest BCUT2D eigenvalue weighted by Gasteiger charge is 2.24. The first-order valence-corrected chi connectivity index (χ1v) is 7.55. The smallest absolute Gasteiger partial charge is 0.323 e. The van der Waals surface area contributed by atoms with Gasteiger partial charge in [-0.3, -0.25) is 14.4 Å². The molecule has 0 saturated carbocycles. The molecule has 2 N–H and O–H groups in total. The number of benzene rings is 1. The number of carbonyl (C=O) groups excluding carboxylic acids is 2. The van der Waals surface area contributed by atoms with E-state index in [-0.39, 0.29) is 24.9 Å². The van der Waals surface area contributed by atoms with Crippen molar-refractivity contribution in [2.45, 2.75) is 25.9 Å². The highest BCUT2D eigenvalue weighted by atomic mass is 16.5. The molecule has 0 bridgehead atoms. The number of ether oxygens (including phenoxy) is 1. The summed E-state index contributed by atoms with van der Waals surface area (Å²) in [6, 6.07) is 6.46. The highest BCUT2D eigenvalue weighted by Crippen LogP contribution is 2.17. The molecule has 1 aliphatic rings. The monoisotopic (exact) mass is 320 g/mol. The summed E-state index contributed by atoms with van der Waals surface area (Å²) in [6.07, 6.45) is 1.10. The van der Waals surface area contributed by atoms with E-state index in [0.29, 0.717) is 24.3 Å². The Morgan fingerprint density at radius 2 is 2.17 bits per heavy atom. The molecule has 124 valence electrons. The number of anilines is 1. The van der Waals surface area contributed by atoms with Crippen molar-refractivity contribution in [2.75, 3.05) is 25.0 Å². The molecule has 1 aromatic carbocycles. The molecule has 7 heteroatoms. The maximum atomic E-state index is 12.3. The van der Waals surface area contributed by atoms with E-state index in [1.807, 2.05) is 0 Å². The van der Waals surface area contributed by atoms with E-state index in [0.717, 1.165) is 6.42 Å². The van der Waals surface area contributed by atoms with Crippen LogP contribution in [-0.4, -0.2) is 53.6 Å². The first kappa shape index (κ1) is 17.0. The molecular weight excluding hydrogens is 300 g/mol. The first-order chi connectivity index (χ1) is 11.0. The van der Waals surface area contributed by atoms with Crippen LogP contribution in [0.4, 0.5) is 5.69 Å². The van der Waals surface area contributed by atoms with Crippen LogP contribution in [0.1, 0.15) is 30.1 Å². The van der Waals surface area contributed by atoms with Crippen molar-refractivity contribution in [1.29, 1.82) is 0 Å². The average Bonchev–Trinajstić information content (AvgIpc) is 3.06. The molecule has 7 nitrogen and oxygen atoms in total. The fraction of sp³-hybridized carbons (Fsp3) is 0.438. The molecule has 0 radical (unpaired) electrons. The molecule has 1 aromatic rings. The van der Waals surface area contributed by atoms with Crippen LogP contribution in [0.2, 0.25) is 0 Å². The number of hydrogen-bond donors (Lipinski definition) is 2. The molecule has 0 spiro atoms. The fourth-order valence-electron chi connectivity index (χ4n) is 2.41. The van der Waals surface area contributed by atoms with E-state index in [4.69, 9.17) is 9.84 Å². The number of hydrogen-bond acceptors (Lipinski definition) is 4. The Hall–Kier alpha value is -2.41. The topological polar surface area (TPSA) is 95.9 Å². The van der Waals surface area contributed by atoms with Gasteiger partial charge in [0.2, 0.25) is 0 Å². The van der Waals surface area contributed by atoms with Gasteiger partial charge in [-0.2, -0.15) is 0 Å². The molecule has 1 heterocycles. The van der Waals surface area contributed by atoms with Crippen molar-refractivity contribution in [1.82, 2.24) is 4.90 Å². The van der Waals surface area contributed by atoms with Crippen LogP contribution in [0.25, 0.3) is 0 Å². The van der Waals surface area contributed by atoms with E-state index < -0.39 is 12.1 Å². The lowest BCUT2D eigenvalue weighted by molar-refractivity contribution is -0.137. The van der Waals surface area contributed by atoms with Gasteiger partial charge >= 0.3 is 5.97 Å². The third-order valence-corrected chi connectivity index (χ3v) is 3.59. The van der Waals surface area contributed by atoms with Gasteiger partial charge in [0, 0.05) is 24.4 Å². The first-order valence-electron chi connectivity index (χ1n) is 7.55. The molecular formula is C16H20N2O5. The molecule has 2 rings (SSSR count). The fourth-order valence-corrected chi connectivity index (χ4v) is 2.41. The number of carbonyl (C=O) groups is 3. The lowest BCUT2D eigenvalue weighted by Gasteiger charge is -2.19. The molecule has 0 aromatic heterocycles. The highest BCUT2D eigenvalue weighted by molar-refractivity contribution is 5.99. The van der Waals surface area contributed by atoms with Gasteiger partial charge in [0.05, 0.1) is 0 Å². The minimum absolute atomic E-state index is 0.231. The number of nitrogens with one attached hydrogen (secondary N) is 1. The Balaban J connectivity index is 2.07. The van der Waals surface area contributed by atoms with Gasteiger partial charge in [0.25, 0.3) is 11.8 Å². The van der Waals surface area contributed by atoms with Crippen molar-refractivity contribution in [2.24, 2.45) is 0 Å². The number of aliphatic carboxylic acids is 1. The van der Waals surface area contributed by atoms with Gasteiger partial charge in [-0.15, -0.1) is 0 Å². The largest absolute Gasteiger partial charge is 0.480 e. The minimum atomic E-state index is -1.07. The molecule has 1 fully saturated rings. The Morgan fingerprint density at radius 3 is 2.78 bits per heavy atom. The Kier molecular flexibility index (Phi) is 5.70. The summed E-state index contributed by atoms with van der Waals surface area (Å²) >= 11 is 0. The van der Waals surface area contributed by atoms with E-state index >= 15 is 0 Å². The third kappa shape index (κ3) is 4.53. The summed E-state index contributed by atoms with van der Waals surface area (Å²) in [6.45, 7) is 2.22. The average molecular weight is 320 g/mol. The molecule has 1 aliphatic heterocycles. The molecule has 23 heavy (non-hydrogen) atoms. The maximum Gasteiger partial charge on any atom is 0.323 e. The predicted octanol–water partition coefficient (Wildman–Crippen LogP) is 1.35. The second-order valence-electron chi connectivity index (χ2n) is 5.28. The SMILES string of the molecule is CCN(CC(=O)O)C(=O)c1cccc(NC(=O)C2CCCO2)c1. The van der Waals surface area contributed by atoms with Crippen LogP contribution in [0.5, 0.6) is 0 Å². The van der Waals surface area contributed by atoms with Crippen LogP contribution in [-0.2, 0) is 14.3 Å². The Labute approximate surface area is 134 Å². The van der Waals surface area contributed by atoms with Crippen LogP contribution in [0.15, 0.2) is 24.3 Å². The number of amides is 2. The van der Waals surface area contributed by atoms with Crippen molar-refractivity contribution in [3.63, 3.8) is 0 Å². The quantitative estimate of drug-likeness (QED) is 0.825. The Morgan fingerprint density at radius 1 is 1.39 bits per heavy atom. The maximum absolute atomic E-state index is 12.3. The van der Waals surface area contributed by atoms with Gasteiger partial charge in [0.15, 0.2) is 0 Å². The van der Waals surface area contributed by atoms with Crippen LogP contribution >= 0.6 is 0 Å². The van der Waals surface area contributed by atoms with Crippen molar-refractivity contribution >= 4 is 23.5 Å². The van der Waals surface area contributed by atoms with Crippen LogP contribution in [0.3, 0.4) is 0 Å². The molecule has 1 saturated heterocycles. The van der Waals surface area contributed by atoms with Gasteiger partial charge in [-0.25, -0.2) is 0 Å². The summed E-state index contributed by atoms with van der Waals surface area (Å²) in [5.41, 5.74) is 0.820. The normalized spacial score (nSPS) is 16.8. The van der Waals surface area contributed by atoms with Gasteiger partial charge in [-0.1, -0.05) is 6.07 Å². The number of nitrogens with zero attached hydrogens (tertiary/aromatic N) is 1. The zero-order valence-electron chi connectivity index (χ0n) is 12.9. The predicted molar refractivity (Wildman–Crippen MR) is 83.3 cm³/mol. The second-order valence-corrected chi connectivity index (χ2v) is 5.28. The number of likely N-dealkylation sites (N-methyl/N-ethyl adjacent to an activating group) is 1. The summed E-state index contributed by atoms with van der Waals surface area (Å²) in [4.78, 5) is 36.4. The van der Waals surface area contributed by atoms with Gasteiger partial charge in [0.1, 0.15) is 12.6 Å². The van der Waals surface area contributed by atoms with Crippen molar-refractivity contribution in [3.8, 4) is 0 Å². The number of carboxylic acid groups (broad SMARTS) is 1.